The molecule has 0 radical (unpaired) electrons. The molecule has 26 heavy (non-hydrogen) atoms. The largest absolute Gasteiger partial charge is 0.486 e. The first-order valence-corrected chi connectivity index (χ1v) is 8.32. The maximum Gasteiger partial charge on any atom is 0.338 e. The van der Waals surface area contributed by atoms with E-state index < -0.39 is 17.6 Å². The van der Waals surface area contributed by atoms with Crippen LogP contribution in [0.25, 0.3) is 0 Å². The van der Waals surface area contributed by atoms with Gasteiger partial charge in [-0.25, -0.2) is 22.9 Å². The normalized spacial score (nSPS) is 10.6. The molecule has 0 unspecified atom stereocenters. The highest BCUT2D eigenvalue weighted by Gasteiger charge is 2.12. The van der Waals surface area contributed by atoms with Crippen molar-refractivity contribution >= 4 is 17.3 Å². The van der Waals surface area contributed by atoms with Crippen molar-refractivity contribution in [3.05, 3.63) is 81.6 Å². The van der Waals surface area contributed by atoms with Crippen LogP contribution < -0.4 is 4.74 Å². The number of halogens is 3. The van der Waals surface area contributed by atoms with Gasteiger partial charge in [-0.1, -0.05) is 0 Å². The van der Waals surface area contributed by atoms with Crippen molar-refractivity contribution < 1.29 is 27.4 Å². The van der Waals surface area contributed by atoms with E-state index in [0.717, 1.165) is 12.1 Å². The summed E-state index contributed by atoms with van der Waals surface area (Å²) in [6.07, 6.45) is 0. The van der Waals surface area contributed by atoms with E-state index in [2.05, 4.69) is 4.98 Å². The molecular formula is C18H12F3NO3S. The Labute approximate surface area is 150 Å². The van der Waals surface area contributed by atoms with Crippen LogP contribution >= 0.6 is 11.3 Å². The molecule has 0 saturated heterocycles. The molecule has 2 aromatic carbocycles. The number of carbonyl (C=O) groups is 1. The number of nitrogens with zero attached hydrogens (tertiary/aromatic N) is 1. The van der Waals surface area contributed by atoms with Crippen molar-refractivity contribution in [2.24, 2.45) is 0 Å². The summed E-state index contributed by atoms with van der Waals surface area (Å²) in [4.78, 5) is 16.1. The first-order chi connectivity index (χ1) is 12.5. The number of hydrogen-bond donors (Lipinski definition) is 0. The Kier molecular flexibility index (Phi) is 5.52. The second-order valence-corrected chi connectivity index (χ2v) is 6.15. The van der Waals surface area contributed by atoms with Gasteiger partial charge in [0.1, 0.15) is 41.4 Å². The van der Waals surface area contributed by atoms with Crippen molar-refractivity contribution in [2.45, 2.75) is 13.2 Å². The zero-order valence-corrected chi connectivity index (χ0v) is 14.1. The third kappa shape index (κ3) is 4.82. The third-order valence-corrected chi connectivity index (χ3v) is 4.10. The summed E-state index contributed by atoms with van der Waals surface area (Å²) in [5, 5.41) is 2.32. The van der Waals surface area contributed by atoms with E-state index in [4.69, 9.17) is 9.47 Å². The average Bonchev–Trinajstić information content (AvgIpc) is 3.06. The average molecular weight is 379 g/mol. The molecule has 0 fully saturated rings. The van der Waals surface area contributed by atoms with Gasteiger partial charge in [-0.05, 0) is 36.4 Å². The van der Waals surface area contributed by atoms with E-state index in [1.165, 1.54) is 35.6 Å². The summed E-state index contributed by atoms with van der Waals surface area (Å²) in [5.41, 5.74) is 0.274. The van der Waals surface area contributed by atoms with Crippen molar-refractivity contribution in [1.29, 1.82) is 0 Å². The summed E-state index contributed by atoms with van der Waals surface area (Å²) in [7, 11) is 0. The molecule has 0 aliphatic heterocycles. The third-order valence-electron chi connectivity index (χ3n) is 3.22. The Balaban J connectivity index is 1.53. The quantitative estimate of drug-likeness (QED) is 0.592. The van der Waals surface area contributed by atoms with Crippen LogP contribution in [0.3, 0.4) is 0 Å². The van der Waals surface area contributed by atoms with Crippen molar-refractivity contribution in [3.63, 3.8) is 0 Å². The highest BCUT2D eigenvalue weighted by atomic mass is 32.1. The van der Waals surface area contributed by atoms with Gasteiger partial charge in [0.05, 0.1) is 11.3 Å². The number of hydrogen-bond acceptors (Lipinski definition) is 5. The molecule has 0 saturated carbocycles. The van der Waals surface area contributed by atoms with Crippen molar-refractivity contribution in [2.75, 3.05) is 0 Å². The Hall–Kier alpha value is -2.87. The Bertz CT molecular complexity index is 892. The summed E-state index contributed by atoms with van der Waals surface area (Å²) in [6, 6.07) is 8.05. The van der Waals surface area contributed by atoms with Crippen LogP contribution in [-0.2, 0) is 18.0 Å². The minimum Gasteiger partial charge on any atom is -0.486 e. The molecule has 4 nitrogen and oxygen atoms in total. The monoisotopic (exact) mass is 379 g/mol. The Morgan fingerprint density at radius 3 is 2.35 bits per heavy atom. The lowest BCUT2D eigenvalue weighted by molar-refractivity contribution is 0.0467. The highest BCUT2D eigenvalue weighted by Crippen LogP contribution is 2.17. The standard InChI is InChI=1S/C18H12F3NO3S/c19-12-1-3-16(4-2-12)24-9-17-22-15(10-26-17)8-25-18(23)11-5-13(20)7-14(21)6-11/h1-7,10H,8-9H2. The van der Waals surface area contributed by atoms with Gasteiger partial charge in [-0.3, -0.25) is 0 Å². The minimum absolute atomic E-state index is 0.135. The molecule has 1 aromatic heterocycles. The minimum atomic E-state index is -0.856. The first kappa shape index (κ1) is 17.9. The van der Waals surface area contributed by atoms with E-state index in [1.807, 2.05) is 0 Å². The van der Waals surface area contributed by atoms with Gasteiger partial charge < -0.3 is 9.47 Å². The smallest absolute Gasteiger partial charge is 0.338 e. The van der Waals surface area contributed by atoms with E-state index in [1.54, 1.807) is 5.38 Å². The van der Waals surface area contributed by atoms with Crippen LogP contribution in [0.15, 0.2) is 47.8 Å². The molecule has 0 atom stereocenters. The van der Waals surface area contributed by atoms with Gasteiger partial charge in [0.2, 0.25) is 0 Å². The van der Waals surface area contributed by atoms with Gasteiger partial charge in [-0.15, -0.1) is 11.3 Å². The molecule has 8 heteroatoms. The number of esters is 1. The van der Waals surface area contributed by atoms with Gasteiger partial charge in [-0.2, -0.15) is 0 Å². The molecule has 0 bridgehead atoms. The lowest BCUT2D eigenvalue weighted by Crippen LogP contribution is -2.06. The highest BCUT2D eigenvalue weighted by molar-refractivity contribution is 7.09. The summed E-state index contributed by atoms with van der Waals surface area (Å²) in [6.45, 7) is 0.0450. The molecule has 0 aliphatic rings. The van der Waals surface area contributed by atoms with E-state index in [0.29, 0.717) is 22.5 Å². The predicted molar refractivity (Wildman–Crippen MR) is 88.3 cm³/mol. The van der Waals surface area contributed by atoms with Gasteiger partial charge >= 0.3 is 5.97 Å². The topological polar surface area (TPSA) is 48.4 Å². The molecule has 0 spiro atoms. The number of thiazole rings is 1. The van der Waals surface area contributed by atoms with Crippen LogP contribution in [0.1, 0.15) is 21.1 Å². The summed E-state index contributed by atoms with van der Waals surface area (Å²) >= 11 is 1.30. The summed E-state index contributed by atoms with van der Waals surface area (Å²) in [5.74, 6) is -2.41. The van der Waals surface area contributed by atoms with Crippen molar-refractivity contribution in [3.8, 4) is 5.75 Å². The fourth-order valence-electron chi connectivity index (χ4n) is 2.05. The SMILES string of the molecule is O=C(OCc1csc(COc2ccc(F)cc2)n1)c1cc(F)cc(F)c1. The zero-order chi connectivity index (χ0) is 18.5. The van der Waals surface area contributed by atoms with Crippen LogP contribution in [0, 0.1) is 17.5 Å². The molecule has 0 N–H and O–H groups in total. The molecule has 3 aromatic rings. The fraction of sp³-hybridized carbons (Fsp3) is 0.111. The van der Waals surface area contributed by atoms with Gasteiger partial charge in [0.15, 0.2) is 0 Å². The number of ether oxygens (including phenoxy) is 2. The summed E-state index contributed by atoms with van der Waals surface area (Å²) < 4.78 is 49.5. The van der Waals surface area contributed by atoms with E-state index in [9.17, 15) is 18.0 Å². The molecular weight excluding hydrogens is 367 g/mol. The molecule has 0 aliphatic carbocycles. The second-order valence-electron chi connectivity index (χ2n) is 5.21. The van der Waals surface area contributed by atoms with Crippen LogP contribution in [-0.4, -0.2) is 11.0 Å². The first-order valence-electron chi connectivity index (χ1n) is 7.44. The van der Waals surface area contributed by atoms with Crippen LogP contribution in [0.4, 0.5) is 13.2 Å². The Morgan fingerprint density at radius 1 is 0.962 bits per heavy atom. The number of carbonyl (C=O) groups excluding carboxylic acids is 1. The number of benzene rings is 2. The van der Waals surface area contributed by atoms with Gasteiger partial charge in [0.25, 0.3) is 0 Å². The molecule has 0 amide bonds. The molecule has 3 rings (SSSR count). The maximum absolute atomic E-state index is 13.1. The van der Waals surface area contributed by atoms with Crippen LogP contribution in [0.5, 0.6) is 5.75 Å². The lowest BCUT2D eigenvalue weighted by atomic mass is 10.2. The van der Waals surface area contributed by atoms with Crippen molar-refractivity contribution in [1.82, 2.24) is 4.98 Å². The number of rotatable bonds is 6. The number of aromatic nitrogens is 1. The zero-order valence-electron chi connectivity index (χ0n) is 13.2. The molecule has 1 heterocycles. The molecule has 134 valence electrons. The maximum atomic E-state index is 13.1. The van der Waals surface area contributed by atoms with E-state index >= 15 is 0 Å². The Morgan fingerprint density at radius 2 is 1.65 bits per heavy atom. The van der Waals surface area contributed by atoms with Gasteiger partial charge in [0, 0.05) is 11.4 Å². The fourth-order valence-corrected chi connectivity index (χ4v) is 2.74. The predicted octanol–water partition coefficient (Wildman–Crippen LogP) is 4.50. The lowest BCUT2D eigenvalue weighted by Gasteiger charge is -2.04. The van der Waals surface area contributed by atoms with Crippen LogP contribution in [0.2, 0.25) is 0 Å². The second kappa shape index (κ2) is 8.01. The van der Waals surface area contributed by atoms with E-state index in [-0.39, 0.29) is 24.6 Å².